The van der Waals surface area contributed by atoms with E-state index in [1.54, 1.807) is 12.3 Å². The van der Waals surface area contributed by atoms with Gasteiger partial charge in [0.2, 0.25) is 0 Å². The van der Waals surface area contributed by atoms with E-state index in [0.29, 0.717) is 11.6 Å². The maximum Gasteiger partial charge on any atom is 0.133 e. The van der Waals surface area contributed by atoms with Gasteiger partial charge in [-0.25, -0.2) is 9.37 Å². The largest absolute Gasteiger partial charge is 0.386 e. The van der Waals surface area contributed by atoms with Crippen molar-refractivity contribution in [3.05, 3.63) is 36.3 Å². The summed E-state index contributed by atoms with van der Waals surface area (Å²) in [4.78, 5) is 11.4. The number of morpholine rings is 1. The van der Waals surface area contributed by atoms with Crippen molar-refractivity contribution in [1.29, 1.82) is 0 Å². The monoisotopic (exact) mass is 399 g/mol. The Bertz CT molecular complexity index is 838. The van der Waals surface area contributed by atoms with E-state index in [1.807, 2.05) is 25.2 Å². The standard InChI is InChI=1S/C22H30FN5O/c1-16-15-28(7-6-26(16)3)21-13-19(23)18(12-20(21)24-2)17-4-5-22(25-14-17)27-8-10-29-11-9-27/h4-5,12-14,16,24H,6-11,15H2,1-3H3. The highest BCUT2D eigenvalue weighted by molar-refractivity contribution is 5.79. The van der Waals surface area contributed by atoms with E-state index < -0.39 is 0 Å². The van der Waals surface area contributed by atoms with Crippen molar-refractivity contribution in [2.45, 2.75) is 13.0 Å². The van der Waals surface area contributed by atoms with Crippen molar-refractivity contribution >= 4 is 17.2 Å². The number of hydrogen-bond acceptors (Lipinski definition) is 6. The summed E-state index contributed by atoms with van der Waals surface area (Å²) in [7, 11) is 4.03. The molecule has 1 unspecified atom stereocenters. The highest BCUT2D eigenvalue weighted by atomic mass is 19.1. The van der Waals surface area contributed by atoms with Gasteiger partial charge in [-0.15, -0.1) is 0 Å². The van der Waals surface area contributed by atoms with E-state index in [4.69, 9.17) is 4.74 Å². The number of hydrogen-bond donors (Lipinski definition) is 1. The van der Waals surface area contributed by atoms with Crippen molar-refractivity contribution in [3.63, 3.8) is 0 Å². The molecule has 1 aromatic carbocycles. The Morgan fingerprint density at radius 1 is 1.10 bits per heavy atom. The minimum absolute atomic E-state index is 0.216. The van der Waals surface area contributed by atoms with Crippen LogP contribution in [0.2, 0.25) is 0 Å². The Balaban J connectivity index is 1.59. The van der Waals surface area contributed by atoms with Crippen molar-refractivity contribution in [2.75, 3.05) is 75.1 Å². The Labute approximate surface area is 172 Å². The molecule has 1 N–H and O–H groups in total. The molecule has 2 aliphatic rings. The first kappa shape index (κ1) is 19.9. The van der Waals surface area contributed by atoms with Crippen LogP contribution in [0.1, 0.15) is 6.92 Å². The number of likely N-dealkylation sites (N-methyl/N-ethyl adjacent to an activating group) is 1. The second kappa shape index (κ2) is 8.55. The molecule has 0 spiro atoms. The molecule has 3 heterocycles. The molecule has 7 heteroatoms. The van der Waals surface area contributed by atoms with Gasteiger partial charge in [-0.3, -0.25) is 0 Å². The van der Waals surface area contributed by atoms with Crippen LogP contribution in [0.25, 0.3) is 11.1 Å². The first-order valence-electron chi connectivity index (χ1n) is 10.3. The molecule has 6 nitrogen and oxygen atoms in total. The van der Waals surface area contributed by atoms with Crippen molar-refractivity contribution in [2.24, 2.45) is 0 Å². The minimum atomic E-state index is -0.216. The number of piperazine rings is 1. The number of aromatic nitrogens is 1. The fourth-order valence-corrected chi connectivity index (χ4v) is 4.04. The van der Waals surface area contributed by atoms with Crippen LogP contribution in [0, 0.1) is 5.82 Å². The lowest BCUT2D eigenvalue weighted by atomic mass is 10.0. The van der Waals surface area contributed by atoms with Gasteiger partial charge < -0.3 is 24.8 Å². The molecule has 2 aliphatic heterocycles. The number of nitrogens with zero attached hydrogens (tertiary/aromatic N) is 4. The van der Waals surface area contributed by atoms with Gasteiger partial charge in [0.25, 0.3) is 0 Å². The van der Waals surface area contributed by atoms with Gasteiger partial charge in [0.1, 0.15) is 11.6 Å². The molecule has 4 rings (SSSR count). The third-order valence-electron chi connectivity index (χ3n) is 6.05. The fourth-order valence-electron chi connectivity index (χ4n) is 4.04. The molecule has 0 bridgehead atoms. The van der Waals surface area contributed by atoms with Gasteiger partial charge in [0, 0.05) is 63.1 Å². The van der Waals surface area contributed by atoms with Gasteiger partial charge in [-0.2, -0.15) is 0 Å². The van der Waals surface area contributed by atoms with Crippen molar-refractivity contribution < 1.29 is 9.13 Å². The zero-order valence-corrected chi connectivity index (χ0v) is 17.5. The quantitative estimate of drug-likeness (QED) is 0.853. The van der Waals surface area contributed by atoms with E-state index >= 15 is 4.39 Å². The number of ether oxygens (including phenoxy) is 1. The van der Waals surface area contributed by atoms with Crippen LogP contribution in [0.3, 0.4) is 0 Å². The van der Waals surface area contributed by atoms with Crippen LogP contribution in [-0.4, -0.2) is 76.0 Å². The third kappa shape index (κ3) is 4.16. The molecule has 2 fully saturated rings. The van der Waals surface area contributed by atoms with E-state index in [0.717, 1.165) is 68.7 Å². The van der Waals surface area contributed by atoms with Crippen LogP contribution in [-0.2, 0) is 4.74 Å². The summed E-state index contributed by atoms with van der Waals surface area (Å²) in [6, 6.07) is 7.92. The summed E-state index contributed by atoms with van der Waals surface area (Å²) in [5.74, 6) is 0.695. The highest BCUT2D eigenvalue weighted by Crippen LogP contribution is 2.35. The van der Waals surface area contributed by atoms with E-state index in [9.17, 15) is 0 Å². The SMILES string of the molecule is CNc1cc(-c2ccc(N3CCOCC3)nc2)c(F)cc1N1CCN(C)C(C)C1. The molecule has 29 heavy (non-hydrogen) atoms. The maximum absolute atomic E-state index is 15.1. The zero-order chi connectivity index (χ0) is 20.4. The first-order valence-corrected chi connectivity index (χ1v) is 10.3. The normalized spacial score (nSPS) is 20.8. The average molecular weight is 400 g/mol. The van der Waals surface area contributed by atoms with E-state index in [1.165, 1.54) is 0 Å². The predicted octanol–water partition coefficient (Wildman–Crippen LogP) is 2.91. The van der Waals surface area contributed by atoms with Gasteiger partial charge in [-0.1, -0.05) is 0 Å². The molecule has 0 radical (unpaired) electrons. The number of nitrogens with one attached hydrogen (secondary N) is 1. The summed E-state index contributed by atoms with van der Waals surface area (Å²) >= 11 is 0. The molecule has 0 aliphatic carbocycles. The third-order valence-corrected chi connectivity index (χ3v) is 6.05. The Hall–Kier alpha value is -2.38. The predicted molar refractivity (Wildman–Crippen MR) is 117 cm³/mol. The Kier molecular flexibility index (Phi) is 5.87. The summed E-state index contributed by atoms with van der Waals surface area (Å²) in [6.07, 6.45) is 1.76. The maximum atomic E-state index is 15.1. The van der Waals surface area contributed by atoms with Gasteiger partial charge in [0.15, 0.2) is 0 Å². The van der Waals surface area contributed by atoms with E-state index in [-0.39, 0.29) is 5.82 Å². The molecule has 2 saturated heterocycles. The molecule has 2 aromatic rings. The Morgan fingerprint density at radius 3 is 2.55 bits per heavy atom. The highest BCUT2D eigenvalue weighted by Gasteiger charge is 2.24. The fraction of sp³-hybridized carbons (Fsp3) is 0.500. The van der Waals surface area contributed by atoms with Crippen LogP contribution in [0.15, 0.2) is 30.5 Å². The molecule has 1 aromatic heterocycles. The van der Waals surface area contributed by atoms with Gasteiger partial charge in [0.05, 0.1) is 24.6 Å². The molecule has 1 atom stereocenters. The topological polar surface area (TPSA) is 43.9 Å². The molecular formula is C22H30FN5O. The lowest BCUT2D eigenvalue weighted by molar-refractivity contribution is 0.122. The molecule has 0 saturated carbocycles. The number of pyridine rings is 1. The number of rotatable bonds is 4. The van der Waals surface area contributed by atoms with E-state index in [2.05, 4.69) is 39.0 Å². The molecule has 156 valence electrons. The summed E-state index contributed by atoms with van der Waals surface area (Å²) in [5.41, 5.74) is 3.22. The first-order chi connectivity index (χ1) is 14.1. The Morgan fingerprint density at radius 2 is 1.90 bits per heavy atom. The van der Waals surface area contributed by atoms with Gasteiger partial charge >= 0.3 is 0 Å². The summed E-state index contributed by atoms with van der Waals surface area (Å²) in [6.45, 7) is 8.07. The van der Waals surface area contributed by atoms with Crippen molar-refractivity contribution in [3.8, 4) is 11.1 Å². The van der Waals surface area contributed by atoms with Crippen molar-refractivity contribution in [1.82, 2.24) is 9.88 Å². The average Bonchev–Trinajstić information content (AvgIpc) is 2.76. The van der Waals surface area contributed by atoms with Crippen LogP contribution in [0.5, 0.6) is 0 Å². The lowest BCUT2D eigenvalue weighted by Crippen LogP contribution is -2.50. The zero-order valence-electron chi connectivity index (χ0n) is 17.5. The van der Waals surface area contributed by atoms with Crippen LogP contribution < -0.4 is 15.1 Å². The second-order valence-corrected chi connectivity index (χ2v) is 7.88. The summed E-state index contributed by atoms with van der Waals surface area (Å²) < 4.78 is 20.5. The lowest BCUT2D eigenvalue weighted by Gasteiger charge is -2.39. The van der Waals surface area contributed by atoms with Crippen LogP contribution in [0.4, 0.5) is 21.6 Å². The molecular weight excluding hydrogens is 369 g/mol. The smallest absolute Gasteiger partial charge is 0.133 e. The number of anilines is 3. The molecule has 0 amide bonds. The number of halogens is 1. The number of benzene rings is 1. The van der Waals surface area contributed by atoms with Crippen LogP contribution >= 0.6 is 0 Å². The summed E-state index contributed by atoms with van der Waals surface area (Å²) in [5, 5.41) is 3.25. The second-order valence-electron chi connectivity index (χ2n) is 7.88. The minimum Gasteiger partial charge on any atom is -0.386 e. The van der Waals surface area contributed by atoms with Gasteiger partial charge in [-0.05, 0) is 38.2 Å².